The second-order valence-electron chi connectivity index (χ2n) is 4.93. The summed E-state index contributed by atoms with van der Waals surface area (Å²) in [5.41, 5.74) is 1.80. The Hall–Kier alpha value is -1.40. The molecule has 108 valence electrons. The maximum atomic E-state index is 12.7. The Balaban J connectivity index is 2.04. The largest absolute Gasteiger partial charge is 0.481 e. The first-order chi connectivity index (χ1) is 9.99. The number of benzene rings is 1. The van der Waals surface area contributed by atoms with Crippen molar-refractivity contribution < 1.29 is 14.7 Å². The molecule has 0 aliphatic carbocycles. The lowest BCUT2D eigenvalue weighted by molar-refractivity contribution is -0.138. The van der Waals surface area contributed by atoms with Gasteiger partial charge in [0.15, 0.2) is 0 Å². The highest BCUT2D eigenvalue weighted by Gasteiger charge is 2.33. The highest BCUT2D eigenvalue weighted by Crippen LogP contribution is 2.36. The smallest absolute Gasteiger partial charge is 0.312 e. The molecule has 1 unspecified atom stereocenters. The van der Waals surface area contributed by atoms with Crippen molar-refractivity contribution >= 4 is 43.6 Å². The summed E-state index contributed by atoms with van der Waals surface area (Å²) >= 11 is 6.73. The Morgan fingerprint density at radius 3 is 2.48 bits per heavy atom. The SMILES string of the molecule is O=C(c1ccc(Br)cc1)c1c(Br)cc2n1CCC2C(=O)O. The van der Waals surface area contributed by atoms with Gasteiger partial charge in [0.2, 0.25) is 5.78 Å². The number of rotatable bonds is 3. The van der Waals surface area contributed by atoms with Crippen LogP contribution in [0, 0.1) is 0 Å². The Kier molecular flexibility index (Phi) is 3.75. The van der Waals surface area contributed by atoms with E-state index in [-0.39, 0.29) is 5.78 Å². The number of aromatic nitrogens is 1. The summed E-state index contributed by atoms with van der Waals surface area (Å²) in [5, 5.41) is 9.23. The number of halogens is 2. The molecule has 0 bridgehead atoms. The molecule has 21 heavy (non-hydrogen) atoms. The van der Waals surface area contributed by atoms with Crippen LogP contribution < -0.4 is 0 Å². The van der Waals surface area contributed by atoms with Crippen LogP contribution in [-0.4, -0.2) is 21.4 Å². The van der Waals surface area contributed by atoms with E-state index < -0.39 is 11.9 Å². The minimum absolute atomic E-state index is 0.105. The molecule has 1 aromatic carbocycles. The topological polar surface area (TPSA) is 59.3 Å². The molecule has 0 radical (unpaired) electrons. The van der Waals surface area contributed by atoms with Gasteiger partial charge in [0.05, 0.1) is 5.92 Å². The molecule has 1 N–H and O–H groups in total. The maximum absolute atomic E-state index is 12.7. The van der Waals surface area contributed by atoms with E-state index in [0.29, 0.717) is 34.4 Å². The summed E-state index contributed by atoms with van der Waals surface area (Å²) in [6.07, 6.45) is 0.526. The average Bonchev–Trinajstić information content (AvgIpc) is 2.96. The molecule has 1 aliphatic heterocycles. The van der Waals surface area contributed by atoms with E-state index >= 15 is 0 Å². The fourth-order valence-corrected chi connectivity index (χ4v) is 3.58. The van der Waals surface area contributed by atoms with Crippen LogP contribution in [0.25, 0.3) is 0 Å². The first-order valence-electron chi connectivity index (χ1n) is 6.41. The van der Waals surface area contributed by atoms with E-state index in [1.807, 2.05) is 16.7 Å². The monoisotopic (exact) mass is 411 g/mol. The molecule has 6 heteroatoms. The average molecular weight is 413 g/mol. The second kappa shape index (κ2) is 5.42. The minimum Gasteiger partial charge on any atom is -0.481 e. The predicted molar refractivity (Wildman–Crippen MR) is 84.7 cm³/mol. The van der Waals surface area contributed by atoms with Crippen molar-refractivity contribution in [2.45, 2.75) is 18.9 Å². The van der Waals surface area contributed by atoms with Crippen LogP contribution in [0.15, 0.2) is 39.3 Å². The van der Waals surface area contributed by atoms with Crippen LogP contribution >= 0.6 is 31.9 Å². The molecule has 1 aromatic heterocycles. The highest BCUT2D eigenvalue weighted by atomic mass is 79.9. The number of fused-ring (bicyclic) bond motifs is 1. The molecular weight excluding hydrogens is 402 g/mol. The number of carboxylic acid groups (broad SMARTS) is 1. The summed E-state index contributed by atoms with van der Waals surface area (Å²) in [4.78, 5) is 23.9. The summed E-state index contributed by atoms with van der Waals surface area (Å²) in [5.74, 6) is -1.49. The number of nitrogens with zero attached hydrogens (tertiary/aromatic N) is 1. The highest BCUT2D eigenvalue weighted by molar-refractivity contribution is 9.10. The van der Waals surface area contributed by atoms with Gasteiger partial charge in [-0.3, -0.25) is 9.59 Å². The fourth-order valence-electron chi connectivity index (χ4n) is 2.69. The van der Waals surface area contributed by atoms with Crippen LogP contribution in [-0.2, 0) is 11.3 Å². The van der Waals surface area contributed by atoms with Crippen LogP contribution in [0.5, 0.6) is 0 Å². The Morgan fingerprint density at radius 2 is 1.86 bits per heavy atom. The van der Waals surface area contributed by atoms with E-state index in [2.05, 4.69) is 31.9 Å². The van der Waals surface area contributed by atoms with Gasteiger partial charge in [-0.15, -0.1) is 0 Å². The van der Waals surface area contributed by atoms with E-state index in [1.165, 1.54) is 0 Å². The molecule has 0 fully saturated rings. The van der Waals surface area contributed by atoms with Crippen LogP contribution in [0.1, 0.15) is 34.1 Å². The van der Waals surface area contributed by atoms with Gasteiger partial charge in [0, 0.05) is 26.7 Å². The van der Waals surface area contributed by atoms with E-state index in [4.69, 9.17) is 0 Å². The summed E-state index contributed by atoms with van der Waals surface area (Å²) in [7, 11) is 0. The van der Waals surface area contributed by atoms with Crippen molar-refractivity contribution in [1.29, 1.82) is 0 Å². The van der Waals surface area contributed by atoms with Gasteiger partial charge < -0.3 is 9.67 Å². The number of ketones is 1. The van der Waals surface area contributed by atoms with Gasteiger partial charge in [0.25, 0.3) is 0 Å². The fraction of sp³-hybridized carbons (Fsp3) is 0.200. The van der Waals surface area contributed by atoms with Gasteiger partial charge in [-0.1, -0.05) is 15.9 Å². The van der Waals surface area contributed by atoms with Crippen LogP contribution in [0.3, 0.4) is 0 Å². The zero-order chi connectivity index (χ0) is 15.1. The van der Waals surface area contributed by atoms with Gasteiger partial charge in [0.1, 0.15) is 5.69 Å². The van der Waals surface area contributed by atoms with Crippen LogP contribution in [0.2, 0.25) is 0 Å². The number of carbonyl (C=O) groups is 2. The Morgan fingerprint density at radius 1 is 1.19 bits per heavy atom. The number of hydrogen-bond donors (Lipinski definition) is 1. The molecule has 2 aromatic rings. The number of aliphatic carboxylic acids is 1. The quantitative estimate of drug-likeness (QED) is 0.779. The first kappa shape index (κ1) is 14.5. The minimum atomic E-state index is -0.846. The number of carbonyl (C=O) groups excluding carboxylic acids is 1. The van der Waals surface area contributed by atoms with Gasteiger partial charge in [-0.05, 0) is 52.7 Å². The van der Waals surface area contributed by atoms with Gasteiger partial charge >= 0.3 is 5.97 Å². The summed E-state index contributed by atoms with van der Waals surface area (Å²) in [6, 6.07) is 8.88. The molecular formula is C15H11Br2NO3. The number of carboxylic acids is 1. The molecule has 1 atom stereocenters. The Bertz CT molecular complexity index is 734. The van der Waals surface area contributed by atoms with Gasteiger partial charge in [-0.25, -0.2) is 0 Å². The standard InChI is InChI=1S/C15H11Br2NO3/c16-9-3-1-8(2-4-9)14(19)13-11(17)7-12-10(15(20)21)5-6-18(12)13/h1-4,7,10H,5-6H2,(H,20,21). The van der Waals surface area contributed by atoms with Gasteiger partial charge in [-0.2, -0.15) is 0 Å². The molecule has 0 amide bonds. The van der Waals surface area contributed by atoms with Crippen molar-refractivity contribution in [2.75, 3.05) is 0 Å². The molecule has 1 aliphatic rings. The van der Waals surface area contributed by atoms with Crippen LogP contribution in [0.4, 0.5) is 0 Å². The summed E-state index contributed by atoms with van der Waals surface area (Å²) in [6.45, 7) is 0.551. The lowest BCUT2D eigenvalue weighted by Crippen LogP contribution is -2.10. The molecule has 0 saturated heterocycles. The maximum Gasteiger partial charge on any atom is 0.312 e. The van der Waals surface area contributed by atoms with Crippen molar-refractivity contribution in [2.24, 2.45) is 0 Å². The zero-order valence-electron chi connectivity index (χ0n) is 10.8. The van der Waals surface area contributed by atoms with E-state index in [9.17, 15) is 14.7 Å². The third-order valence-electron chi connectivity index (χ3n) is 3.70. The zero-order valence-corrected chi connectivity index (χ0v) is 14.0. The molecule has 0 spiro atoms. The summed E-state index contributed by atoms with van der Waals surface area (Å²) < 4.78 is 3.37. The molecule has 4 nitrogen and oxygen atoms in total. The predicted octanol–water partition coefficient (Wildman–Crippen LogP) is 3.82. The van der Waals surface area contributed by atoms with Crippen molar-refractivity contribution in [3.05, 3.63) is 56.2 Å². The van der Waals surface area contributed by atoms with Crippen molar-refractivity contribution in [3.8, 4) is 0 Å². The Labute approximate surface area is 138 Å². The second-order valence-corrected chi connectivity index (χ2v) is 6.70. The van der Waals surface area contributed by atoms with Crippen molar-refractivity contribution in [3.63, 3.8) is 0 Å². The molecule has 0 saturated carbocycles. The van der Waals surface area contributed by atoms with Crippen molar-refractivity contribution in [1.82, 2.24) is 4.57 Å². The number of hydrogen-bond acceptors (Lipinski definition) is 2. The van der Waals surface area contributed by atoms with E-state index in [1.54, 1.807) is 18.2 Å². The first-order valence-corrected chi connectivity index (χ1v) is 7.99. The van der Waals surface area contributed by atoms with E-state index in [0.717, 1.165) is 4.47 Å². The lowest BCUT2D eigenvalue weighted by atomic mass is 10.1. The third kappa shape index (κ3) is 2.46. The normalized spacial score (nSPS) is 16.8. The molecule has 3 rings (SSSR count). The molecule has 2 heterocycles. The third-order valence-corrected chi connectivity index (χ3v) is 4.83. The lowest BCUT2D eigenvalue weighted by Gasteiger charge is -2.06.